The number of carbonyl (C=O) groups excluding carboxylic acids is 1. The van der Waals surface area contributed by atoms with Gasteiger partial charge in [-0.1, -0.05) is 26.7 Å². The lowest BCUT2D eigenvalue weighted by Crippen LogP contribution is -2.21. The third-order valence-electron chi connectivity index (χ3n) is 1.97. The molecule has 0 spiro atoms. The van der Waals surface area contributed by atoms with E-state index in [-0.39, 0.29) is 11.9 Å². The van der Waals surface area contributed by atoms with Crippen LogP contribution in [0.5, 0.6) is 0 Å². The van der Waals surface area contributed by atoms with E-state index in [1.54, 1.807) is 0 Å². The van der Waals surface area contributed by atoms with Gasteiger partial charge in [-0.25, -0.2) is 0 Å². The van der Waals surface area contributed by atoms with Crippen LogP contribution in [-0.2, 0) is 9.53 Å². The van der Waals surface area contributed by atoms with Crippen LogP contribution in [0, 0.1) is 5.92 Å². The van der Waals surface area contributed by atoms with Gasteiger partial charge in [0.2, 0.25) is 0 Å². The summed E-state index contributed by atoms with van der Waals surface area (Å²) in [4.78, 5) is 11.4. The van der Waals surface area contributed by atoms with Gasteiger partial charge in [-0.05, 0) is 12.8 Å². The number of nitrogens with two attached hydrogens (primary N) is 1. The maximum atomic E-state index is 11.4. The molecule has 13 heavy (non-hydrogen) atoms. The lowest BCUT2D eigenvalue weighted by molar-refractivity contribution is -0.148. The molecule has 0 heterocycles. The zero-order valence-corrected chi connectivity index (χ0v) is 8.71. The molecular weight excluding hydrogens is 166 g/mol. The molecule has 0 amide bonds. The molecule has 0 unspecified atom stereocenters. The van der Waals surface area contributed by atoms with Gasteiger partial charge >= 0.3 is 5.97 Å². The van der Waals surface area contributed by atoms with Crippen molar-refractivity contribution < 1.29 is 9.53 Å². The Bertz CT molecular complexity index is 131. The molecule has 78 valence electrons. The van der Waals surface area contributed by atoms with Gasteiger partial charge in [0, 0.05) is 6.54 Å². The van der Waals surface area contributed by atoms with E-state index in [0.29, 0.717) is 13.2 Å². The molecule has 0 rings (SSSR count). The summed E-state index contributed by atoms with van der Waals surface area (Å²) in [6.45, 7) is 4.93. The predicted octanol–water partition coefficient (Wildman–Crippen LogP) is 1.70. The van der Waals surface area contributed by atoms with Crippen molar-refractivity contribution in [3.05, 3.63) is 0 Å². The van der Waals surface area contributed by atoms with Gasteiger partial charge in [0.25, 0.3) is 0 Å². The average molecular weight is 187 g/mol. The minimum atomic E-state index is -0.0749. The molecule has 0 aromatic rings. The minimum absolute atomic E-state index is 0.0749. The maximum Gasteiger partial charge on any atom is 0.308 e. The summed E-state index contributed by atoms with van der Waals surface area (Å²) in [6.07, 6.45) is 3.92. The molecule has 0 aromatic carbocycles. The van der Waals surface area contributed by atoms with E-state index in [9.17, 15) is 4.79 Å². The molecule has 3 heteroatoms. The zero-order valence-electron chi connectivity index (χ0n) is 8.71. The average Bonchev–Trinajstić information content (AvgIpc) is 2.14. The number of carbonyl (C=O) groups is 1. The second kappa shape index (κ2) is 8.05. The van der Waals surface area contributed by atoms with Crippen molar-refractivity contribution >= 4 is 5.97 Å². The van der Waals surface area contributed by atoms with Crippen molar-refractivity contribution in [1.29, 1.82) is 0 Å². The summed E-state index contributed by atoms with van der Waals surface area (Å²) >= 11 is 0. The third kappa shape index (κ3) is 5.64. The lowest BCUT2D eigenvalue weighted by Gasteiger charge is -2.13. The Labute approximate surface area is 80.6 Å². The first-order valence-corrected chi connectivity index (χ1v) is 5.12. The summed E-state index contributed by atoms with van der Waals surface area (Å²) in [6, 6.07) is 0. The van der Waals surface area contributed by atoms with E-state index in [1.807, 2.05) is 0 Å². The highest BCUT2D eigenvalue weighted by Gasteiger charge is 2.17. The molecule has 0 bridgehead atoms. The molecule has 0 aliphatic carbocycles. The maximum absolute atomic E-state index is 11.4. The smallest absolute Gasteiger partial charge is 0.308 e. The number of hydrogen-bond donors (Lipinski definition) is 1. The Morgan fingerprint density at radius 1 is 1.31 bits per heavy atom. The summed E-state index contributed by atoms with van der Waals surface area (Å²) in [7, 11) is 0. The number of hydrogen-bond acceptors (Lipinski definition) is 3. The van der Waals surface area contributed by atoms with Crippen LogP contribution >= 0.6 is 0 Å². The van der Waals surface area contributed by atoms with Crippen LogP contribution < -0.4 is 5.73 Å². The molecule has 3 nitrogen and oxygen atoms in total. The normalized spacial score (nSPS) is 10.5. The Balaban J connectivity index is 3.80. The summed E-state index contributed by atoms with van der Waals surface area (Å²) < 4.78 is 4.99. The molecule has 0 saturated carbocycles. The van der Waals surface area contributed by atoms with Gasteiger partial charge in [0.05, 0.1) is 5.92 Å². The zero-order chi connectivity index (χ0) is 10.1. The van der Waals surface area contributed by atoms with E-state index in [1.165, 1.54) is 0 Å². The quantitative estimate of drug-likeness (QED) is 0.617. The first-order valence-electron chi connectivity index (χ1n) is 5.12. The monoisotopic (exact) mass is 187 g/mol. The van der Waals surface area contributed by atoms with Crippen molar-refractivity contribution in [2.24, 2.45) is 11.7 Å². The van der Waals surface area contributed by atoms with Crippen LogP contribution in [0.4, 0.5) is 0 Å². The van der Waals surface area contributed by atoms with Gasteiger partial charge in [-0.15, -0.1) is 0 Å². The first-order chi connectivity index (χ1) is 6.26. The molecular formula is C10H21NO2. The van der Waals surface area contributed by atoms with Crippen LogP contribution in [0.15, 0.2) is 0 Å². The minimum Gasteiger partial charge on any atom is -0.464 e. The van der Waals surface area contributed by atoms with Gasteiger partial charge in [0.15, 0.2) is 0 Å². The molecule has 0 atom stereocenters. The number of ether oxygens (including phenoxy) is 1. The molecule has 0 radical (unpaired) electrons. The van der Waals surface area contributed by atoms with E-state index in [2.05, 4.69) is 13.8 Å². The lowest BCUT2D eigenvalue weighted by atomic mass is 9.99. The molecule has 0 saturated heterocycles. The van der Waals surface area contributed by atoms with Gasteiger partial charge in [0.1, 0.15) is 6.61 Å². The Hall–Kier alpha value is -0.570. The van der Waals surface area contributed by atoms with Crippen molar-refractivity contribution in [3.63, 3.8) is 0 Å². The van der Waals surface area contributed by atoms with Gasteiger partial charge < -0.3 is 10.5 Å². The van der Waals surface area contributed by atoms with E-state index in [0.717, 1.165) is 25.7 Å². The molecule has 0 aliphatic heterocycles. The third-order valence-corrected chi connectivity index (χ3v) is 1.97. The molecule has 0 aromatic heterocycles. The van der Waals surface area contributed by atoms with Crippen molar-refractivity contribution in [2.75, 3.05) is 13.2 Å². The molecule has 0 aliphatic rings. The highest BCUT2D eigenvalue weighted by Crippen LogP contribution is 2.14. The second-order valence-electron chi connectivity index (χ2n) is 3.23. The van der Waals surface area contributed by atoms with Crippen molar-refractivity contribution in [3.8, 4) is 0 Å². The van der Waals surface area contributed by atoms with Gasteiger partial charge in [-0.2, -0.15) is 0 Å². The van der Waals surface area contributed by atoms with Crippen LogP contribution in [0.1, 0.15) is 39.5 Å². The van der Waals surface area contributed by atoms with E-state index < -0.39 is 0 Å². The SMILES string of the molecule is CCCC(CCC)C(=O)OCCN. The van der Waals surface area contributed by atoms with Crippen molar-refractivity contribution in [2.45, 2.75) is 39.5 Å². The summed E-state index contributed by atoms with van der Waals surface area (Å²) in [5.41, 5.74) is 5.25. The highest BCUT2D eigenvalue weighted by molar-refractivity contribution is 5.72. The number of rotatable bonds is 7. The Morgan fingerprint density at radius 3 is 2.23 bits per heavy atom. The van der Waals surface area contributed by atoms with E-state index >= 15 is 0 Å². The first kappa shape index (κ1) is 12.4. The van der Waals surface area contributed by atoms with Crippen molar-refractivity contribution in [1.82, 2.24) is 0 Å². The van der Waals surface area contributed by atoms with E-state index in [4.69, 9.17) is 10.5 Å². The van der Waals surface area contributed by atoms with Crippen LogP contribution in [0.2, 0.25) is 0 Å². The van der Waals surface area contributed by atoms with Crippen LogP contribution in [0.3, 0.4) is 0 Å². The topological polar surface area (TPSA) is 52.3 Å². The summed E-state index contributed by atoms with van der Waals surface area (Å²) in [5.74, 6) is 0.00991. The fourth-order valence-electron chi connectivity index (χ4n) is 1.35. The summed E-state index contributed by atoms with van der Waals surface area (Å²) in [5, 5.41) is 0. The number of esters is 1. The predicted molar refractivity (Wildman–Crippen MR) is 53.3 cm³/mol. The van der Waals surface area contributed by atoms with Gasteiger partial charge in [-0.3, -0.25) is 4.79 Å². The molecule has 0 fully saturated rings. The van der Waals surface area contributed by atoms with Crippen LogP contribution in [-0.4, -0.2) is 19.1 Å². The second-order valence-corrected chi connectivity index (χ2v) is 3.23. The Morgan fingerprint density at radius 2 is 1.85 bits per heavy atom. The fraction of sp³-hybridized carbons (Fsp3) is 0.900. The van der Waals surface area contributed by atoms with Crippen LogP contribution in [0.25, 0.3) is 0 Å². The fourth-order valence-corrected chi connectivity index (χ4v) is 1.35. The molecule has 2 N–H and O–H groups in total. The largest absolute Gasteiger partial charge is 0.464 e. The Kier molecular flexibility index (Phi) is 7.69. The highest BCUT2D eigenvalue weighted by atomic mass is 16.5. The standard InChI is InChI=1S/C10H21NO2/c1-3-5-9(6-4-2)10(12)13-8-7-11/h9H,3-8,11H2,1-2H3.